The Morgan fingerprint density at radius 1 is 1.25 bits per heavy atom. The van der Waals surface area contributed by atoms with Crippen LogP contribution in [0.15, 0.2) is 0 Å². The minimum atomic E-state index is -0.745. The van der Waals surface area contributed by atoms with Gasteiger partial charge in [0.1, 0.15) is 0 Å². The maximum absolute atomic E-state index is 11.7. The number of carbonyl (C=O) groups is 2. The lowest BCUT2D eigenvalue weighted by atomic mass is 9.95. The molecule has 20 heavy (non-hydrogen) atoms. The first-order valence-electron chi connectivity index (χ1n) is 7.37. The van der Waals surface area contributed by atoms with Gasteiger partial charge in [-0.05, 0) is 32.6 Å². The molecule has 0 aliphatic carbocycles. The summed E-state index contributed by atoms with van der Waals surface area (Å²) in [6.45, 7) is 3.96. The van der Waals surface area contributed by atoms with Crippen LogP contribution in [0.5, 0.6) is 0 Å². The molecule has 0 spiro atoms. The molecule has 6 nitrogen and oxygen atoms in total. The van der Waals surface area contributed by atoms with E-state index in [4.69, 9.17) is 9.84 Å². The lowest BCUT2D eigenvalue weighted by Gasteiger charge is -2.34. The summed E-state index contributed by atoms with van der Waals surface area (Å²) in [7, 11) is 0. The van der Waals surface area contributed by atoms with Gasteiger partial charge in [0, 0.05) is 19.6 Å². The fraction of sp³-hybridized carbons (Fsp3) is 0.857. The van der Waals surface area contributed by atoms with Gasteiger partial charge in [-0.2, -0.15) is 0 Å². The number of rotatable bonds is 8. The second-order valence-corrected chi connectivity index (χ2v) is 5.66. The van der Waals surface area contributed by atoms with Gasteiger partial charge >= 0.3 is 12.0 Å². The van der Waals surface area contributed by atoms with Gasteiger partial charge in [0.15, 0.2) is 0 Å². The number of nitrogens with one attached hydrogen (secondary N) is 2. The Bertz CT molecular complexity index is 314. The minimum absolute atomic E-state index is 0.150. The molecule has 1 aliphatic heterocycles. The molecule has 0 saturated carbocycles. The molecule has 1 aliphatic rings. The molecule has 0 aromatic rings. The molecule has 0 aromatic carbocycles. The molecule has 116 valence electrons. The van der Waals surface area contributed by atoms with Crippen LogP contribution in [0.2, 0.25) is 0 Å². The molecular weight excluding hydrogens is 260 g/mol. The lowest BCUT2D eigenvalue weighted by molar-refractivity contribution is -0.137. The predicted octanol–water partition coefficient (Wildman–Crippen LogP) is 1.89. The van der Waals surface area contributed by atoms with Crippen molar-refractivity contribution in [3.63, 3.8) is 0 Å². The first-order valence-corrected chi connectivity index (χ1v) is 7.37. The Kier molecular flexibility index (Phi) is 7.36. The number of carboxylic acid groups (broad SMARTS) is 1. The third-order valence-electron chi connectivity index (χ3n) is 3.46. The van der Waals surface area contributed by atoms with E-state index in [2.05, 4.69) is 10.6 Å². The van der Waals surface area contributed by atoms with E-state index in [0.29, 0.717) is 19.6 Å². The highest BCUT2D eigenvalue weighted by atomic mass is 16.5. The van der Waals surface area contributed by atoms with Crippen LogP contribution in [-0.4, -0.2) is 42.4 Å². The van der Waals surface area contributed by atoms with Crippen LogP contribution >= 0.6 is 0 Å². The zero-order valence-electron chi connectivity index (χ0n) is 12.2. The average molecular weight is 286 g/mol. The van der Waals surface area contributed by atoms with Gasteiger partial charge in [0.05, 0.1) is 12.1 Å². The smallest absolute Gasteiger partial charge is 0.315 e. The molecule has 1 atom stereocenters. The van der Waals surface area contributed by atoms with Crippen molar-refractivity contribution in [2.24, 2.45) is 0 Å². The molecular formula is C14H26N2O4. The predicted molar refractivity (Wildman–Crippen MR) is 75.7 cm³/mol. The average Bonchev–Trinajstić information content (AvgIpc) is 2.37. The van der Waals surface area contributed by atoms with E-state index in [-0.39, 0.29) is 18.0 Å². The summed E-state index contributed by atoms with van der Waals surface area (Å²) in [5.74, 6) is -0.745. The first kappa shape index (κ1) is 16.8. The Balaban J connectivity index is 2.01. The fourth-order valence-corrected chi connectivity index (χ4v) is 2.31. The fourth-order valence-electron chi connectivity index (χ4n) is 2.31. The van der Waals surface area contributed by atoms with Crippen molar-refractivity contribution in [3.05, 3.63) is 0 Å². The summed E-state index contributed by atoms with van der Waals surface area (Å²) >= 11 is 0. The Morgan fingerprint density at radius 2 is 2.00 bits per heavy atom. The number of aliphatic carboxylic acids is 1. The van der Waals surface area contributed by atoms with Crippen molar-refractivity contribution < 1.29 is 19.4 Å². The maximum atomic E-state index is 11.7. The summed E-state index contributed by atoms with van der Waals surface area (Å²) < 4.78 is 5.38. The van der Waals surface area contributed by atoms with E-state index in [9.17, 15) is 9.59 Å². The van der Waals surface area contributed by atoms with Crippen LogP contribution < -0.4 is 10.6 Å². The molecule has 2 amide bonds. The summed E-state index contributed by atoms with van der Waals surface area (Å²) in [6.07, 6.45) is 5.55. The Labute approximate surface area is 120 Å². The van der Waals surface area contributed by atoms with Crippen LogP contribution in [0, 0.1) is 0 Å². The highest BCUT2D eigenvalue weighted by Gasteiger charge is 2.28. The summed E-state index contributed by atoms with van der Waals surface area (Å²) in [4.78, 5) is 22.1. The number of carboxylic acids is 1. The lowest BCUT2D eigenvalue weighted by Crippen LogP contribution is -2.54. The van der Waals surface area contributed by atoms with Gasteiger partial charge in [-0.1, -0.05) is 12.8 Å². The summed E-state index contributed by atoms with van der Waals surface area (Å²) in [6, 6.07) is -0.150. The van der Waals surface area contributed by atoms with Crippen LogP contribution in [0.25, 0.3) is 0 Å². The van der Waals surface area contributed by atoms with E-state index < -0.39 is 5.97 Å². The SMILES string of the molecule is CC1(NC(=O)NCCCCCCC(=O)O)CCCOC1. The van der Waals surface area contributed by atoms with E-state index in [1.807, 2.05) is 6.92 Å². The number of hydrogen-bond acceptors (Lipinski definition) is 3. The third-order valence-corrected chi connectivity index (χ3v) is 3.46. The van der Waals surface area contributed by atoms with Crippen molar-refractivity contribution in [1.82, 2.24) is 10.6 Å². The van der Waals surface area contributed by atoms with Crippen molar-refractivity contribution >= 4 is 12.0 Å². The van der Waals surface area contributed by atoms with Crippen LogP contribution in [0.4, 0.5) is 4.79 Å². The van der Waals surface area contributed by atoms with Crippen molar-refractivity contribution in [1.29, 1.82) is 0 Å². The van der Waals surface area contributed by atoms with Crippen LogP contribution in [-0.2, 0) is 9.53 Å². The van der Waals surface area contributed by atoms with Gasteiger partial charge in [-0.25, -0.2) is 4.79 Å². The standard InChI is InChI=1S/C14H26N2O4/c1-14(8-6-10-20-11-14)16-13(19)15-9-5-3-2-4-7-12(17)18/h2-11H2,1H3,(H,17,18)(H2,15,16,19). The first-order chi connectivity index (χ1) is 9.52. The largest absolute Gasteiger partial charge is 0.481 e. The van der Waals surface area contributed by atoms with E-state index >= 15 is 0 Å². The number of urea groups is 1. The highest BCUT2D eigenvalue weighted by Crippen LogP contribution is 2.17. The topological polar surface area (TPSA) is 87.7 Å². The van der Waals surface area contributed by atoms with Gasteiger partial charge in [0.25, 0.3) is 0 Å². The molecule has 1 heterocycles. The van der Waals surface area contributed by atoms with Gasteiger partial charge in [0.2, 0.25) is 0 Å². The minimum Gasteiger partial charge on any atom is -0.481 e. The van der Waals surface area contributed by atoms with E-state index in [1.54, 1.807) is 0 Å². The van der Waals surface area contributed by atoms with Gasteiger partial charge in [-0.3, -0.25) is 4.79 Å². The monoisotopic (exact) mass is 286 g/mol. The molecule has 3 N–H and O–H groups in total. The maximum Gasteiger partial charge on any atom is 0.315 e. The Morgan fingerprint density at radius 3 is 2.65 bits per heavy atom. The molecule has 1 saturated heterocycles. The number of unbranched alkanes of at least 4 members (excludes halogenated alkanes) is 3. The second kappa shape index (κ2) is 8.79. The van der Waals surface area contributed by atoms with Crippen molar-refractivity contribution in [2.75, 3.05) is 19.8 Å². The second-order valence-electron chi connectivity index (χ2n) is 5.66. The Hall–Kier alpha value is -1.30. The van der Waals surface area contributed by atoms with E-state index in [1.165, 1.54) is 0 Å². The van der Waals surface area contributed by atoms with Crippen LogP contribution in [0.1, 0.15) is 51.9 Å². The number of ether oxygens (including phenoxy) is 1. The summed E-state index contributed by atoms with van der Waals surface area (Å²) in [5, 5.41) is 14.3. The summed E-state index contributed by atoms with van der Waals surface area (Å²) in [5.41, 5.74) is -0.260. The molecule has 1 rings (SSSR count). The molecule has 6 heteroatoms. The molecule has 1 unspecified atom stereocenters. The molecule has 0 radical (unpaired) electrons. The highest BCUT2D eigenvalue weighted by molar-refractivity contribution is 5.74. The van der Waals surface area contributed by atoms with Crippen molar-refractivity contribution in [2.45, 2.75) is 57.4 Å². The number of carbonyl (C=O) groups excluding carboxylic acids is 1. The number of amides is 2. The zero-order chi connectivity index (χ0) is 14.8. The van der Waals surface area contributed by atoms with E-state index in [0.717, 1.165) is 38.7 Å². The third kappa shape index (κ3) is 7.33. The normalized spacial score (nSPS) is 22.2. The molecule has 0 bridgehead atoms. The van der Waals surface area contributed by atoms with Crippen LogP contribution in [0.3, 0.4) is 0 Å². The zero-order valence-corrected chi connectivity index (χ0v) is 12.2. The molecule has 1 fully saturated rings. The van der Waals surface area contributed by atoms with Gasteiger partial charge < -0.3 is 20.5 Å². The van der Waals surface area contributed by atoms with Crippen molar-refractivity contribution in [3.8, 4) is 0 Å². The quantitative estimate of drug-likeness (QED) is 0.595. The van der Waals surface area contributed by atoms with Gasteiger partial charge in [-0.15, -0.1) is 0 Å². The molecule has 0 aromatic heterocycles. The number of hydrogen-bond donors (Lipinski definition) is 3.